The van der Waals surface area contributed by atoms with E-state index in [0.717, 1.165) is 11.1 Å². The van der Waals surface area contributed by atoms with Gasteiger partial charge in [0.25, 0.3) is 0 Å². The van der Waals surface area contributed by atoms with Crippen LogP contribution in [0, 0.1) is 0 Å². The molecule has 1 aromatic carbocycles. The minimum atomic E-state index is -0.313. The zero-order valence-corrected chi connectivity index (χ0v) is 7.45. The first-order chi connectivity index (χ1) is 6.81. The molecular formula is C9H10N4O. The largest absolute Gasteiger partial charge is 0.340 e. The van der Waals surface area contributed by atoms with Gasteiger partial charge < -0.3 is 5.73 Å². The van der Waals surface area contributed by atoms with E-state index in [1.54, 1.807) is 0 Å². The lowest BCUT2D eigenvalue weighted by atomic mass is 10.1. The van der Waals surface area contributed by atoms with Crippen LogP contribution in [0.3, 0.4) is 0 Å². The lowest BCUT2D eigenvalue weighted by molar-refractivity contribution is 1.04. The van der Waals surface area contributed by atoms with Gasteiger partial charge in [-0.25, -0.2) is 9.89 Å². The highest BCUT2D eigenvalue weighted by molar-refractivity contribution is 5.59. The molecule has 5 heteroatoms. The van der Waals surface area contributed by atoms with Crippen LogP contribution in [-0.2, 0) is 6.54 Å². The number of nitrogens with two attached hydrogens (primary N) is 1. The fraction of sp³-hybridized carbons (Fsp3) is 0.111. The molecule has 2 rings (SSSR count). The molecule has 0 amide bonds. The molecule has 0 unspecified atom stereocenters. The van der Waals surface area contributed by atoms with E-state index in [0.29, 0.717) is 12.4 Å². The van der Waals surface area contributed by atoms with E-state index in [-0.39, 0.29) is 5.69 Å². The van der Waals surface area contributed by atoms with Crippen LogP contribution in [-0.4, -0.2) is 15.2 Å². The molecular weight excluding hydrogens is 180 g/mol. The van der Waals surface area contributed by atoms with Crippen LogP contribution in [0.25, 0.3) is 11.4 Å². The molecule has 0 atom stereocenters. The third-order valence-electron chi connectivity index (χ3n) is 1.99. The topological polar surface area (TPSA) is 87.6 Å². The van der Waals surface area contributed by atoms with Gasteiger partial charge in [0.2, 0.25) is 0 Å². The summed E-state index contributed by atoms with van der Waals surface area (Å²) < 4.78 is 0. The van der Waals surface area contributed by atoms with Crippen molar-refractivity contribution in [2.24, 2.45) is 5.73 Å². The van der Waals surface area contributed by atoms with Crippen LogP contribution < -0.4 is 11.4 Å². The molecule has 4 N–H and O–H groups in total. The van der Waals surface area contributed by atoms with Crippen molar-refractivity contribution in [1.82, 2.24) is 15.2 Å². The number of aromatic amines is 2. The molecule has 14 heavy (non-hydrogen) atoms. The molecule has 0 spiro atoms. The highest BCUT2D eigenvalue weighted by Crippen LogP contribution is 2.17. The Morgan fingerprint density at radius 2 is 2.14 bits per heavy atom. The van der Waals surface area contributed by atoms with Crippen LogP contribution in [0.2, 0.25) is 0 Å². The molecule has 0 saturated carbocycles. The normalized spacial score (nSPS) is 10.4. The maximum absolute atomic E-state index is 10.9. The Labute approximate surface area is 80.0 Å². The summed E-state index contributed by atoms with van der Waals surface area (Å²) in [6, 6.07) is 7.55. The Bertz CT molecular complexity index is 485. The molecule has 0 radical (unpaired) electrons. The molecule has 0 saturated heterocycles. The summed E-state index contributed by atoms with van der Waals surface area (Å²) in [5.74, 6) is 0.524. The molecule has 0 fully saturated rings. The number of aromatic nitrogens is 3. The number of nitrogens with one attached hydrogen (secondary N) is 2. The first-order valence-corrected chi connectivity index (χ1v) is 4.24. The van der Waals surface area contributed by atoms with Gasteiger partial charge >= 0.3 is 5.69 Å². The van der Waals surface area contributed by atoms with Crippen molar-refractivity contribution in [3.63, 3.8) is 0 Å². The highest BCUT2D eigenvalue weighted by atomic mass is 16.1. The van der Waals surface area contributed by atoms with Crippen molar-refractivity contribution < 1.29 is 0 Å². The lowest BCUT2D eigenvalue weighted by Gasteiger charge is -2.02. The predicted molar refractivity (Wildman–Crippen MR) is 52.5 cm³/mol. The number of hydrogen-bond acceptors (Lipinski definition) is 3. The van der Waals surface area contributed by atoms with Crippen LogP contribution in [0.4, 0.5) is 0 Å². The van der Waals surface area contributed by atoms with E-state index in [1.807, 2.05) is 24.3 Å². The summed E-state index contributed by atoms with van der Waals surface area (Å²) in [6.07, 6.45) is 0. The number of hydrogen-bond donors (Lipinski definition) is 3. The van der Waals surface area contributed by atoms with Crippen LogP contribution in [0.5, 0.6) is 0 Å². The second-order valence-corrected chi connectivity index (χ2v) is 2.89. The smallest absolute Gasteiger partial charge is 0.326 e. The zero-order valence-electron chi connectivity index (χ0n) is 7.45. The molecule has 72 valence electrons. The third-order valence-corrected chi connectivity index (χ3v) is 1.99. The van der Waals surface area contributed by atoms with Gasteiger partial charge in [0.05, 0.1) is 0 Å². The maximum Gasteiger partial charge on any atom is 0.340 e. The van der Waals surface area contributed by atoms with Gasteiger partial charge in [-0.1, -0.05) is 24.3 Å². The highest BCUT2D eigenvalue weighted by Gasteiger charge is 2.05. The standard InChI is InChI=1S/C9H10N4O/c10-5-6-3-1-2-4-7(6)8-11-9(14)13-12-8/h1-4H,5,10H2,(H2,11,12,13,14). The molecule has 0 aliphatic carbocycles. The van der Waals surface area contributed by atoms with E-state index < -0.39 is 0 Å². The Morgan fingerprint density at radius 3 is 2.79 bits per heavy atom. The van der Waals surface area contributed by atoms with Crippen LogP contribution >= 0.6 is 0 Å². The summed E-state index contributed by atoms with van der Waals surface area (Å²) in [5, 5.41) is 6.16. The van der Waals surface area contributed by atoms with Gasteiger partial charge in [-0.3, -0.25) is 4.98 Å². The summed E-state index contributed by atoms with van der Waals surface area (Å²) in [5.41, 5.74) is 7.06. The summed E-state index contributed by atoms with van der Waals surface area (Å²) in [4.78, 5) is 13.4. The van der Waals surface area contributed by atoms with E-state index in [9.17, 15) is 4.79 Å². The van der Waals surface area contributed by atoms with Crippen molar-refractivity contribution in [2.75, 3.05) is 0 Å². The van der Waals surface area contributed by atoms with Gasteiger partial charge in [-0.15, -0.1) is 0 Å². The summed E-state index contributed by atoms with van der Waals surface area (Å²) >= 11 is 0. The molecule has 5 nitrogen and oxygen atoms in total. The monoisotopic (exact) mass is 190 g/mol. The second kappa shape index (κ2) is 3.47. The number of benzene rings is 1. The van der Waals surface area contributed by atoms with Gasteiger partial charge in [-0.05, 0) is 5.56 Å². The SMILES string of the molecule is NCc1ccccc1-c1n[nH]c(=O)[nH]1. The van der Waals surface area contributed by atoms with Crippen LogP contribution in [0.15, 0.2) is 29.1 Å². The lowest BCUT2D eigenvalue weighted by Crippen LogP contribution is -2.02. The van der Waals surface area contributed by atoms with Crippen LogP contribution in [0.1, 0.15) is 5.56 Å². The summed E-state index contributed by atoms with van der Waals surface area (Å²) in [7, 11) is 0. The fourth-order valence-electron chi connectivity index (χ4n) is 1.33. The molecule has 1 aromatic heterocycles. The second-order valence-electron chi connectivity index (χ2n) is 2.89. The van der Waals surface area contributed by atoms with E-state index in [4.69, 9.17) is 5.73 Å². The van der Waals surface area contributed by atoms with E-state index >= 15 is 0 Å². The fourth-order valence-corrected chi connectivity index (χ4v) is 1.33. The molecule has 0 bridgehead atoms. The number of H-pyrrole nitrogens is 2. The number of nitrogens with zero attached hydrogens (tertiary/aromatic N) is 1. The first kappa shape index (κ1) is 8.71. The Balaban J connectivity index is 2.55. The van der Waals surface area contributed by atoms with Gasteiger partial charge in [0, 0.05) is 12.1 Å². The minimum absolute atomic E-state index is 0.313. The van der Waals surface area contributed by atoms with Gasteiger partial charge in [0.1, 0.15) is 0 Å². The van der Waals surface area contributed by atoms with Crippen molar-refractivity contribution in [1.29, 1.82) is 0 Å². The van der Waals surface area contributed by atoms with E-state index in [1.165, 1.54) is 0 Å². The van der Waals surface area contributed by atoms with Gasteiger partial charge in [0.15, 0.2) is 5.82 Å². The van der Waals surface area contributed by atoms with Gasteiger partial charge in [-0.2, -0.15) is 5.10 Å². The molecule has 2 aromatic rings. The Kier molecular flexibility index (Phi) is 2.16. The first-order valence-electron chi connectivity index (χ1n) is 4.24. The Morgan fingerprint density at radius 1 is 1.36 bits per heavy atom. The van der Waals surface area contributed by atoms with Crippen molar-refractivity contribution in [3.05, 3.63) is 40.3 Å². The molecule has 1 heterocycles. The average molecular weight is 190 g/mol. The van der Waals surface area contributed by atoms with Crippen molar-refractivity contribution >= 4 is 0 Å². The quantitative estimate of drug-likeness (QED) is 0.633. The summed E-state index contributed by atoms with van der Waals surface area (Å²) in [6.45, 7) is 0.422. The zero-order chi connectivity index (χ0) is 9.97. The minimum Gasteiger partial charge on any atom is -0.326 e. The molecule has 0 aliphatic heterocycles. The van der Waals surface area contributed by atoms with E-state index in [2.05, 4.69) is 15.2 Å². The third kappa shape index (κ3) is 1.45. The predicted octanol–water partition coefficient (Wildman–Crippen LogP) is 0.224. The molecule has 0 aliphatic rings. The average Bonchev–Trinajstić information content (AvgIpc) is 2.65. The maximum atomic E-state index is 10.9. The number of rotatable bonds is 2. The van der Waals surface area contributed by atoms with Crippen molar-refractivity contribution in [2.45, 2.75) is 6.54 Å². The van der Waals surface area contributed by atoms with Crippen molar-refractivity contribution in [3.8, 4) is 11.4 Å². The Hall–Kier alpha value is -1.88.